The molecule has 22 heavy (non-hydrogen) atoms. The Hall–Kier alpha value is -1.66. The lowest BCUT2D eigenvalue weighted by atomic mass is 9.99. The Morgan fingerprint density at radius 3 is 2.91 bits per heavy atom. The number of hydrogen-bond donors (Lipinski definition) is 3. The van der Waals surface area contributed by atoms with E-state index in [0.29, 0.717) is 5.92 Å². The molecular formula is C16H24N4O2. The molecule has 0 spiro atoms. The molecule has 1 saturated heterocycles. The van der Waals surface area contributed by atoms with Crippen molar-refractivity contribution in [2.45, 2.75) is 25.3 Å². The standard InChI is InChI=1S/C16H24N4O2/c21-9-12-3-4-14(6-12)19-15-7-16(18-11-17-15)20-5-1-2-13(8-20)10-22/h3-4,7,11-14,21-22H,1-2,5-6,8-10H2,(H,17,18,19)/t12-,13?,14+/m0/s1. The second-order valence-corrected chi connectivity index (χ2v) is 6.21. The third kappa shape index (κ3) is 3.56. The minimum absolute atomic E-state index is 0.194. The zero-order valence-electron chi connectivity index (χ0n) is 12.7. The normalized spacial score (nSPS) is 28.1. The van der Waals surface area contributed by atoms with Crippen LogP contribution in [0.4, 0.5) is 11.6 Å². The van der Waals surface area contributed by atoms with Gasteiger partial charge in [0.25, 0.3) is 0 Å². The number of piperidine rings is 1. The molecule has 1 aromatic heterocycles. The number of nitrogens with zero attached hydrogens (tertiary/aromatic N) is 3. The van der Waals surface area contributed by atoms with E-state index in [1.54, 1.807) is 6.33 Å². The highest BCUT2D eigenvalue weighted by atomic mass is 16.3. The van der Waals surface area contributed by atoms with Gasteiger partial charge in [-0.15, -0.1) is 0 Å². The molecule has 120 valence electrons. The highest BCUT2D eigenvalue weighted by Gasteiger charge is 2.22. The Morgan fingerprint density at radius 1 is 1.23 bits per heavy atom. The van der Waals surface area contributed by atoms with E-state index in [1.165, 1.54) is 0 Å². The number of aromatic nitrogens is 2. The average Bonchev–Trinajstić information content (AvgIpc) is 3.03. The maximum absolute atomic E-state index is 9.35. The quantitative estimate of drug-likeness (QED) is 0.705. The minimum atomic E-state index is 0.194. The molecule has 1 unspecified atom stereocenters. The first-order chi connectivity index (χ1) is 10.8. The molecular weight excluding hydrogens is 280 g/mol. The maximum atomic E-state index is 9.35. The minimum Gasteiger partial charge on any atom is -0.396 e. The Labute approximate surface area is 130 Å². The van der Waals surface area contributed by atoms with Gasteiger partial charge in [0.2, 0.25) is 0 Å². The van der Waals surface area contributed by atoms with Gasteiger partial charge >= 0.3 is 0 Å². The Bertz CT molecular complexity index is 523. The molecule has 6 heteroatoms. The van der Waals surface area contributed by atoms with Crippen LogP contribution in [0.25, 0.3) is 0 Å². The van der Waals surface area contributed by atoms with Crippen LogP contribution in [0.1, 0.15) is 19.3 Å². The zero-order valence-corrected chi connectivity index (χ0v) is 12.7. The number of anilines is 2. The summed E-state index contributed by atoms with van der Waals surface area (Å²) in [7, 11) is 0. The molecule has 3 atom stereocenters. The van der Waals surface area contributed by atoms with E-state index in [1.807, 2.05) is 6.07 Å². The lowest BCUT2D eigenvalue weighted by Crippen LogP contribution is -2.37. The highest BCUT2D eigenvalue weighted by Crippen LogP contribution is 2.24. The fourth-order valence-electron chi connectivity index (χ4n) is 3.23. The van der Waals surface area contributed by atoms with Gasteiger partial charge in [0.1, 0.15) is 18.0 Å². The van der Waals surface area contributed by atoms with Crippen molar-refractivity contribution < 1.29 is 10.2 Å². The van der Waals surface area contributed by atoms with Crippen molar-refractivity contribution in [3.05, 3.63) is 24.5 Å². The molecule has 0 radical (unpaired) electrons. The molecule has 0 saturated carbocycles. The van der Waals surface area contributed by atoms with Gasteiger partial charge in [-0.25, -0.2) is 9.97 Å². The predicted molar refractivity (Wildman–Crippen MR) is 85.8 cm³/mol. The Balaban J connectivity index is 1.64. The van der Waals surface area contributed by atoms with Crippen LogP contribution >= 0.6 is 0 Å². The van der Waals surface area contributed by atoms with E-state index >= 15 is 0 Å². The molecule has 2 heterocycles. The molecule has 0 aromatic carbocycles. The van der Waals surface area contributed by atoms with E-state index in [9.17, 15) is 10.2 Å². The van der Waals surface area contributed by atoms with Crippen molar-refractivity contribution in [3.8, 4) is 0 Å². The smallest absolute Gasteiger partial charge is 0.134 e. The van der Waals surface area contributed by atoms with Crippen LogP contribution in [0.15, 0.2) is 24.5 Å². The van der Waals surface area contributed by atoms with E-state index in [4.69, 9.17) is 0 Å². The number of nitrogens with one attached hydrogen (secondary N) is 1. The first-order valence-corrected chi connectivity index (χ1v) is 8.02. The molecule has 3 rings (SSSR count). The van der Waals surface area contributed by atoms with Gasteiger partial charge in [-0.2, -0.15) is 0 Å². The lowest BCUT2D eigenvalue weighted by molar-refractivity contribution is 0.208. The molecule has 3 N–H and O–H groups in total. The summed E-state index contributed by atoms with van der Waals surface area (Å²) < 4.78 is 0. The van der Waals surface area contributed by atoms with Crippen LogP contribution in [0.2, 0.25) is 0 Å². The molecule has 0 amide bonds. The van der Waals surface area contributed by atoms with Crippen LogP contribution in [0.5, 0.6) is 0 Å². The van der Waals surface area contributed by atoms with Gasteiger partial charge in [-0.1, -0.05) is 12.2 Å². The summed E-state index contributed by atoms with van der Waals surface area (Å²) in [6.07, 6.45) is 8.79. The first-order valence-electron chi connectivity index (χ1n) is 8.02. The fourth-order valence-corrected chi connectivity index (χ4v) is 3.23. The average molecular weight is 304 g/mol. The molecule has 1 aromatic rings. The lowest BCUT2D eigenvalue weighted by Gasteiger charge is -2.32. The van der Waals surface area contributed by atoms with Crippen molar-refractivity contribution in [2.24, 2.45) is 11.8 Å². The maximum Gasteiger partial charge on any atom is 0.134 e. The number of hydrogen-bond acceptors (Lipinski definition) is 6. The summed E-state index contributed by atoms with van der Waals surface area (Å²) >= 11 is 0. The van der Waals surface area contributed by atoms with Crippen molar-refractivity contribution in [3.63, 3.8) is 0 Å². The van der Waals surface area contributed by atoms with Crippen molar-refractivity contribution in [2.75, 3.05) is 36.5 Å². The van der Waals surface area contributed by atoms with Gasteiger partial charge in [0.15, 0.2) is 0 Å². The van der Waals surface area contributed by atoms with Crippen molar-refractivity contribution >= 4 is 11.6 Å². The summed E-state index contributed by atoms with van der Waals surface area (Å²) in [6, 6.07) is 2.19. The number of rotatable bonds is 5. The van der Waals surface area contributed by atoms with Crippen LogP contribution < -0.4 is 10.2 Å². The zero-order chi connectivity index (χ0) is 15.4. The van der Waals surface area contributed by atoms with Crippen LogP contribution in [0.3, 0.4) is 0 Å². The van der Waals surface area contributed by atoms with Crippen LogP contribution in [-0.2, 0) is 0 Å². The molecule has 2 aliphatic rings. The summed E-state index contributed by atoms with van der Waals surface area (Å²) in [5.41, 5.74) is 0. The van der Waals surface area contributed by atoms with E-state index < -0.39 is 0 Å². The van der Waals surface area contributed by atoms with Crippen LogP contribution in [0, 0.1) is 11.8 Å². The number of aliphatic hydroxyl groups excluding tert-OH is 2. The molecule has 1 fully saturated rings. The van der Waals surface area contributed by atoms with Gasteiger partial charge in [0.05, 0.1) is 0 Å². The van der Waals surface area contributed by atoms with E-state index in [0.717, 1.165) is 44.0 Å². The monoisotopic (exact) mass is 304 g/mol. The van der Waals surface area contributed by atoms with E-state index in [-0.39, 0.29) is 25.2 Å². The summed E-state index contributed by atoms with van der Waals surface area (Å²) in [4.78, 5) is 10.9. The van der Waals surface area contributed by atoms with Crippen molar-refractivity contribution in [1.29, 1.82) is 0 Å². The van der Waals surface area contributed by atoms with Crippen LogP contribution in [-0.4, -0.2) is 52.5 Å². The molecule has 1 aliphatic heterocycles. The third-order valence-electron chi connectivity index (χ3n) is 4.49. The van der Waals surface area contributed by atoms with Crippen molar-refractivity contribution in [1.82, 2.24) is 9.97 Å². The topological polar surface area (TPSA) is 81.5 Å². The Kier molecular flexibility index (Phi) is 4.90. The first kappa shape index (κ1) is 15.2. The summed E-state index contributed by atoms with van der Waals surface area (Å²) in [5, 5.41) is 21.9. The second kappa shape index (κ2) is 7.07. The number of aliphatic hydroxyl groups is 2. The predicted octanol–water partition coefficient (Wildman–Crippen LogP) is 1.03. The summed E-state index contributed by atoms with van der Waals surface area (Å²) in [6.45, 7) is 2.26. The summed E-state index contributed by atoms with van der Waals surface area (Å²) in [5.74, 6) is 2.30. The fraction of sp³-hybridized carbons (Fsp3) is 0.625. The molecule has 1 aliphatic carbocycles. The van der Waals surface area contributed by atoms with E-state index in [2.05, 4.69) is 32.3 Å². The molecule has 0 bridgehead atoms. The third-order valence-corrected chi connectivity index (χ3v) is 4.49. The van der Waals surface area contributed by atoms with Gasteiger partial charge < -0.3 is 20.4 Å². The SMILES string of the molecule is OCC1CCCN(c2cc(N[C@@H]3C=C[C@H](CO)C3)ncn2)C1. The largest absolute Gasteiger partial charge is 0.396 e. The van der Waals surface area contributed by atoms with Gasteiger partial charge in [-0.3, -0.25) is 0 Å². The second-order valence-electron chi connectivity index (χ2n) is 6.21. The highest BCUT2D eigenvalue weighted by molar-refractivity contribution is 5.49. The van der Waals surface area contributed by atoms with Gasteiger partial charge in [0, 0.05) is 44.3 Å². The Morgan fingerprint density at radius 2 is 2.14 bits per heavy atom. The van der Waals surface area contributed by atoms with Gasteiger partial charge in [-0.05, 0) is 25.2 Å². The molecule has 6 nitrogen and oxygen atoms in total.